The van der Waals surface area contributed by atoms with Crippen LogP contribution in [0.4, 0.5) is 0 Å². The Morgan fingerprint density at radius 1 is 1.04 bits per heavy atom. The Morgan fingerprint density at radius 3 is 2.46 bits per heavy atom. The number of methoxy groups -OCH3 is 1. The van der Waals surface area contributed by atoms with Gasteiger partial charge in [0.05, 0.1) is 12.0 Å². The normalized spacial score (nSPS) is 16.5. The van der Waals surface area contributed by atoms with Crippen LogP contribution in [0.15, 0.2) is 47.5 Å². The van der Waals surface area contributed by atoms with Crippen LogP contribution in [0, 0.1) is 13.8 Å². The van der Waals surface area contributed by atoms with Gasteiger partial charge in [0.1, 0.15) is 5.75 Å². The summed E-state index contributed by atoms with van der Waals surface area (Å²) in [7, 11) is -1.77. The van der Waals surface area contributed by atoms with Gasteiger partial charge in [-0.1, -0.05) is 6.07 Å². The van der Waals surface area contributed by atoms with E-state index < -0.39 is 10.0 Å². The molecule has 1 aromatic heterocycles. The molecule has 0 atom stereocenters. The van der Waals surface area contributed by atoms with E-state index in [0.29, 0.717) is 23.9 Å². The van der Waals surface area contributed by atoms with Gasteiger partial charge in [-0.15, -0.1) is 0 Å². The van der Waals surface area contributed by atoms with Crippen LogP contribution in [0.5, 0.6) is 5.75 Å². The minimum atomic E-state index is -3.44. The van der Waals surface area contributed by atoms with Crippen molar-refractivity contribution in [2.75, 3.05) is 20.2 Å². The molecule has 0 amide bonds. The molecule has 0 radical (unpaired) electrons. The van der Waals surface area contributed by atoms with E-state index in [0.717, 1.165) is 40.6 Å². The number of aromatic nitrogens is 1. The SMILES string of the molecule is COc1ccc2[nH]cc(C3CCN(S(=O)(=O)c4ccc(C)c(C)c4)CC3)c2c1. The second kappa shape index (κ2) is 7.26. The first-order valence-electron chi connectivity index (χ1n) is 9.62. The van der Waals surface area contributed by atoms with Crippen molar-refractivity contribution >= 4 is 20.9 Å². The van der Waals surface area contributed by atoms with Gasteiger partial charge < -0.3 is 9.72 Å². The lowest BCUT2D eigenvalue weighted by molar-refractivity contribution is 0.320. The van der Waals surface area contributed by atoms with E-state index >= 15 is 0 Å². The number of fused-ring (bicyclic) bond motifs is 1. The van der Waals surface area contributed by atoms with E-state index in [1.54, 1.807) is 23.5 Å². The van der Waals surface area contributed by atoms with Crippen molar-refractivity contribution in [2.45, 2.75) is 37.5 Å². The molecule has 2 heterocycles. The molecule has 4 rings (SSSR count). The Balaban J connectivity index is 1.54. The number of benzene rings is 2. The highest BCUT2D eigenvalue weighted by Crippen LogP contribution is 2.36. The molecule has 6 heteroatoms. The van der Waals surface area contributed by atoms with Crippen LogP contribution in [0.25, 0.3) is 10.9 Å². The first-order chi connectivity index (χ1) is 13.4. The highest BCUT2D eigenvalue weighted by molar-refractivity contribution is 7.89. The largest absolute Gasteiger partial charge is 0.497 e. The second-order valence-electron chi connectivity index (χ2n) is 7.58. The van der Waals surface area contributed by atoms with Gasteiger partial charge in [0, 0.05) is 30.2 Å². The molecular weight excluding hydrogens is 372 g/mol. The molecule has 0 bridgehead atoms. The average Bonchev–Trinajstić information content (AvgIpc) is 3.13. The number of H-pyrrole nitrogens is 1. The Hall–Kier alpha value is -2.31. The lowest BCUT2D eigenvalue weighted by Gasteiger charge is -2.31. The lowest BCUT2D eigenvalue weighted by Crippen LogP contribution is -2.37. The molecule has 0 unspecified atom stereocenters. The van der Waals surface area contributed by atoms with Gasteiger partial charge >= 0.3 is 0 Å². The highest BCUT2D eigenvalue weighted by atomic mass is 32.2. The third-order valence-corrected chi connectivity index (χ3v) is 7.83. The first kappa shape index (κ1) is 19.0. The van der Waals surface area contributed by atoms with Gasteiger partial charge in [-0.2, -0.15) is 4.31 Å². The first-order valence-corrected chi connectivity index (χ1v) is 11.1. The molecule has 0 spiro atoms. The molecule has 28 heavy (non-hydrogen) atoms. The van der Waals surface area contributed by atoms with Crippen molar-refractivity contribution in [3.05, 3.63) is 59.3 Å². The third kappa shape index (κ3) is 3.31. The Kier molecular flexibility index (Phi) is 4.93. The highest BCUT2D eigenvalue weighted by Gasteiger charge is 2.31. The van der Waals surface area contributed by atoms with E-state index in [1.165, 1.54) is 5.56 Å². The molecule has 148 valence electrons. The number of ether oxygens (including phenoxy) is 1. The van der Waals surface area contributed by atoms with Crippen LogP contribution in [0.3, 0.4) is 0 Å². The summed E-state index contributed by atoms with van der Waals surface area (Å²) in [6.07, 6.45) is 3.69. The molecule has 0 aliphatic carbocycles. The topological polar surface area (TPSA) is 62.4 Å². The Bertz CT molecular complexity index is 1110. The van der Waals surface area contributed by atoms with E-state index in [2.05, 4.69) is 17.2 Å². The van der Waals surface area contributed by atoms with Crippen molar-refractivity contribution in [3.63, 3.8) is 0 Å². The number of aryl methyl sites for hydroxylation is 2. The lowest BCUT2D eigenvalue weighted by atomic mass is 9.90. The molecule has 0 saturated carbocycles. The number of sulfonamides is 1. The van der Waals surface area contributed by atoms with E-state index in [-0.39, 0.29) is 0 Å². The monoisotopic (exact) mass is 398 g/mol. The molecule has 5 nitrogen and oxygen atoms in total. The van der Waals surface area contributed by atoms with Crippen LogP contribution in [0.1, 0.15) is 35.4 Å². The number of hydrogen-bond acceptors (Lipinski definition) is 3. The maximum absolute atomic E-state index is 13.0. The molecule has 1 N–H and O–H groups in total. The summed E-state index contributed by atoms with van der Waals surface area (Å²) >= 11 is 0. The van der Waals surface area contributed by atoms with Crippen molar-refractivity contribution in [1.82, 2.24) is 9.29 Å². The smallest absolute Gasteiger partial charge is 0.243 e. The number of nitrogens with one attached hydrogen (secondary N) is 1. The maximum atomic E-state index is 13.0. The van der Waals surface area contributed by atoms with Gasteiger partial charge in [-0.3, -0.25) is 0 Å². The van der Waals surface area contributed by atoms with Crippen LogP contribution in [-0.2, 0) is 10.0 Å². The van der Waals surface area contributed by atoms with Crippen LogP contribution in [0.2, 0.25) is 0 Å². The molecule has 1 aliphatic rings. The maximum Gasteiger partial charge on any atom is 0.243 e. The second-order valence-corrected chi connectivity index (χ2v) is 9.52. The molecular formula is C22H26N2O3S. The van der Waals surface area contributed by atoms with Crippen molar-refractivity contribution < 1.29 is 13.2 Å². The molecule has 2 aromatic carbocycles. The number of piperidine rings is 1. The summed E-state index contributed by atoms with van der Waals surface area (Å²) in [5, 5.41) is 1.16. The fraction of sp³-hybridized carbons (Fsp3) is 0.364. The predicted molar refractivity (Wildman–Crippen MR) is 112 cm³/mol. The molecule has 1 saturated heterocycles. The summed E-state index contributed by atoms with van der Waals surface area (Å²) in [6.45, 7) is 5.02. The molecule has 1 fully saturated rings. The summed E-state index contributed by atoms with van der Waals surface area (Å²) in [4.78, 5) is 3.72. The van der Waals surface area contributed by atoms with Gasteiger partial charge in [-0.05, 0) is 79.6 Å². The van der Waals surface area contributed by atoms with Crippen molar-refractivity contribution in [3.8, 4) is 5.75 Å². The van der Waals surface area contributed by atoms with Crippen LogP contribution < -0.4 is 4.74 Å². The fourth-order valence-corrected chi connectivity index (χ4v) is 5.57. The zero-order valence-electron chi connectivity index (χ0n) is 16.5. The van der Waals surface area contributed by atoms with Gasteiger partial charge in [0.2, 0.25) is 10.0 Å². The number of aromatic amines is 1. The zero-order chi connectivity index (χ0) is 19.9. The number of hydrogen-bond donors (Lipinski definition) is 1. The number of rotatable bonds is 4. The summed E-state index contributed by atoms with van der Waals surface area (Å²) in [5.74, 6) is 1.18. The average molecular weight is 399 g/mol. The fourth-order valence-electron chi connectivity index (χ4n) is 4.02. The Morgan fingerprint density at radius 2 is 1.79 bits per heavy atom. The Labute approximate surface area is 166 Å². The quantitative estimate of drug-likeness (QED) is 0.710. The van der Waals surface area contributed by atoms with E-state index in [4.69, 9.17) is 4.74 Å². The van der Waals surface area contributed by atoms with Gasteiger partial charge in [-0.25, -0.2) is 8.42 Å². The van der Waals surface area contributed by atoms with Crippen molar-refractivity contribution in [2.24, 2.45) is 0 Å². The third-order valence-electron chi connectivity index (χ3n) is 5.93. The molecule has 3 aromatic rings. The zero-order valence-corrected chi connectivity index (χ0v) is 17.3. The van der Waals surface area contributed by atoms with Gasteiger partial charge in [0.15, 0.2) is 0 Å². The number of nitrogens with zero attached hydrogens (tertiary/aromatic N) is 1. The summed E-state index contributed by atoms with van der Waals surface area (Å²) in [5.41, 5.74) is 4.44. The predicted octanol–water partition coefficient (Wildman–Crippen LogP) is 4.36. The summed E-state index contributed by atoms with van der Waals surface area (Å²) in [6, 6.07) is 11.4. The standard InChI is InChI=1S/C22H26N2O3S/c1-15-4-6-19(12-16(15)2)28(25,26)24-10-8-17(9-11-24)21-14-23-22-7-5-18(27-3)13-20(21)22/h4-7,12-14,17,23H,8-11H2,1-3H3. The summed E-state index contributed by atoms with van der Waals surface area (Å²) < 4.78 is 33.1. The van der Waals surface area contributed by atoms with E-state index in [1.807, 2.05) is 32.0 Å². The minimum Gasteiger partial charge on any atom is -0.497 e. The van der Waals surface area contributed by atoms with Gasteiger partial charge in [0.25, 0.3) is 0 Å². The molecule has 1 aliphatic heterocycles. The minimum absolute atomic E-state index is 0.340. The van der Waals surface area contributed by atoms with E-state index in [9.17, 15) is 8.42 Å². The van der Waals surface area contributed by atoms with Crippen LogP contribution in [-0.4, -0.2) is 37.9 Å². The van der Waals surface area contributed by atoms with Crippen LogP contribution >= 0.6 is 0 Å². The van der Waals surface area contributed by atoms with Crippen molar-refractivity contribution in [1.29, 1.82) is 0 Å².